The lowest BCUT2D eigenvalue weighted by Gasteiger charge is -2.06. The van der Waals surface area contributed by atoms with E-state index < -0.39 is 5.97 Å². The van der Waals surface area contributed by atoms with Crippen molar-refractivity contribution in [3.63, 3.8) is 0 Å². The van der Waals surface area contributed by atoms with Gasteiger partial charge in [-0.1, -0.05) is 11.6 Å². The van der Waals surface area contributed by atoms with Crippen molar-refractivity contribution < 1.29 is 14.7 Å². The molecule has 6 heteroatoms. The van der Waals surface area contributed by atoms with Crippen LogP contribution in [0.2, 0.25) is 5.02 Å². The first kappa shape index (κ1) is 12.5. The lowest BCUT2D eigenvalue weighted by Crippen LogP contribution is -2.25. The number of hydrogen-bond acceptors (Lipinski definition) is 3. The Morgan fingerprint density at radius 2 is 2.06 bits per heavy atom. The molecule has 0 radical (unpaired) electrons. The van der Waals surface area contributed by atoms with Gasteiger partial charge in [0.15, 0.2) is 0 Å². The highest BCUT2D eigenvalue weighted by molar-refractivity contribution is 6.31. The fourth-order valence-corrected chi connectivity index (χ4v) is 1.39. The van der Waals surface area contributed by atoms with Crippen molar-refractivity contribution in [2.45, 2.75) is 0 Å². The second kappa shape index (κ2) is 5.48. The average Bonchev–Trinajstić information content (AvgIpc) is 2.16. The summed E-state index contributed by atoms with van der Waals surface area (Å²) < 4.78 is 0. The monoisotopic (exact) mass is 242 g/mol. The van der Waals surface area contributed by atoms with Gasteiger partial charge in [0.2, 0.25) is 5.91 Å². The zero-order chi connectivity index (χ0) is 12.1. The molecule has 1 rings (SSSR count). The van der Waals surface area contributed by atoms with Gasteiger partial charge < -0.3 is 15.7 Å². The summed E-state index contributed by atoms with van der Waals surface area (Å²) in [6.45, 7) is 0.148. The summed E-state index contributed by atoms with van der Waals surface area (Å²) in [5.74, 6) is -1.35. The number of aromatic carboxylic acids is 1. The number of rotatable bonds is 4. The van der Waals surface area contributed by atoms with Gasteiger partial charge in [-0.05, 0) is 25.2 Å². The van der Waals surface area contributed by atoms with E-state index in [2.05, 4.69) is 10.6 Å². The van der Waals surface area contributed by atoms with Crippen LogP contribution in [0.3, 0.4) is 0 Å². The first-order valence-corrected chi connectivity index (χ1v) is 4.89. The van der Waals surface area contributed by atoms with E-state index in [0.717, 1.165) is 0 Å². The Balaban J connectivity index is 2.88. The standard InChI is InChI=1S/C10H11ClN2O3/c1-12-5-9(14)13-8-3-6(10(15)16)2-7(11)4-8/h2-4,12H,5H2,1H3,(H,13,14)(H,15,16). The number of benzene rings is 1. The van der Waals surface area contributed by atoms with Gasteiger partial charge in [0.05, 0.1) is 12.1 Å². The third-order valence-electron chi connectivity index (χ3n) is 1.77. The lowest BCUT2D eigenvalue weighted by molar-refractivity contribution is -0.115. The molecular formula is C10H11ClN2O3. The number of nitrogens with one attached hydrogen (secondary N) is 2. The highest BCUT2D eigenvalue weighted by Crippen LogP contribution is 2.19. The third-order valence-corrected chi connectivity index (χ3v) is 1.98. The van der Waals surface area contributed by atoms with E-state index in [1.165, 1.54) is 18.2 Å². The van der Waals surface area contributed by atoms with E-state index in [0.29, 0.717) is 5.69 Å². The molecule has 0 aliphatic carbocycles. The fourth-order valence-electron chi connectivity index (χ4n) is 1.15. The van der Waals surface area contributed by atoms with Crippen molar-refractivity contribution in [1.82, 2.24) is 5.32 Å². The summed E-state index contributed by atoms with van der Waals surface area (Å²) in [6, 6.07) is 4.15. The number of carbonyl (C=O) groups excluding carboxylic acids is 1. The molecule has 1 aromatic rings. The third kappa shape index (κ3) is 3.52. The first-order valence-electron chi connectivity index (χ1n) is 4.51. The van der Waals surface area contributed by atoms with Gasteiger partial charge in [0, 0.05) is 10.7 Å². The summed E-state index contributed by atoms with van der Waals surface area (Å²) in [4.78, 5) is 22.0. The van der Waals surface area contributed by atoms with Crippen molar-refractivity contribution in [3.05, 3.63) is 28.8 Å². The minimum absolute atomic E-state index is 0.0345. The topological polar surface area (TPSA) is 78.4 Å². The molecule has 1 amide bonds. The molecular weight excluding hydrogens is 232 g/mol. The Kier molecular flexibility index (Phi) is 4.28. The Hall–Kier alpha value is -1.59. The van der Waals surface area contributed by atoms with Crippen LogP contribution in [-0.2, 0) is 4.79 Å². The predicted molar refractivity (Wildman–Crippen MR) is 61.0 cm³/mol. The van der Waals surface area contributed by atoms with Crippen LogP contribution >= 0.6 is 11.6 Å². The molecule has 0 aliphatic rings. The van der Waals surface area contributed by atoms with Crippen LogP contribution in [0.4, 0.5) is 5.69 Å². The van der Waals surface area contributed by atoms with Crippen LogP contribution in [0.1, 0.15) is 10.4 Å². The minimum Gasteiger partial charge on any atom is -0.478 e. The number of halogens is 1. The van der Waals surface area contributed by atoms with Crippen LogP contribution in [-0.4, -0.2) is 30.6 Å². The summed E-state index contributed by atoms with van der Waals surface area (Å²) in [7, 11) is 1.64. The Bertz CT molecular complexity index is 421. The smallest absolute Gasteiger partial charge is 0.335 e. The molecule has 0 saturated carbocycles. The largest absolute Gasteiger partial charge is 0.478 e. The normalized spacial score (nSPS) is 9.88. The Morgan fingerprint density at radius 3 is 2.62 bits per heavy atom. The molecule has 0 fully saturated rings. The number of carbonyl (C=O) groups is 2. The van der Waals surface area contributed by atoms with Gasteiger partial charge in [0.1, 0.15) is 0 Å². The molecule has 0 saturated heterocycles. The fraction of sp³-hybridized carbons (Fsp3) is 0.200. The second-order valence-electron chi connectivity index (χ2n) is 3.11. The van der Waals surface area contributed by atoms with Crippen LogP contribution in [0.5, 0.6) is 0 Å². The lowest BCUT2D eigenvalue weighted by atomic mass is 10.2. The van der Waals surface area contributed by atoms with Gasteiger partial charge >= 0.3 is 5.97 Å². The van der Waals surface area contributed by atoms with Crippen molar-refractivity contribution in [2.24, 2.45) is 0 Å². The van der Waals surface area contributed by atoms with Crippen molar-refractivity contribution >= 4 is 29.2 Å². The van der Waals surface area contributed by atoms with Crippen LogP contribution in [0, 0.1) is 0 Å². The molecule has 3 N–H and O–H groups in total. The number of carboxylic acids is 1. The maximum Gasteiger partial charge on any atom is 0.335 e. The van der Waals surface area contributed by atoms with E-state index in [-0.39, 0.29) is 23.0 Å². The number of hydrogen-bond donors (Lipinski definition) is 3. The van der Waals surface area contributed by atoms with Gasteiger partial charge in [-0.25, -0.2) is 4.79 Å². The van der Waals surface area contributed by atoms with E-state index in [1.807, 2.05) is 0 Å². The molecule has 0 aliphatic heterocycles. The highest BCUT2D eigenvalue weighted by atomic mass is 35.5. The average molecular weight is 243 g/mol. The van der Waals surface area contributed by atoms with Crippen molar-refractivity contribution in [2.75, 3.05) is 18.9 Å². The van der Waals surface area contributed by atoms with Crippen LogP contribution < -0.4 is 10.6 Å². The van der Waals surface area contributed by atoms with E-state index in [9.17, 15) is 9.59 Å². The molecule has 0 aromatic heterocycles. The molecule has 5 nitrogen and oxygen atoms in total. The number of anilines is 1. The van der Waals surface area contributed by atoms with Crippen molar-refractivity contribution in [1.29, 1.82) is 0 Å². The number of amides is 1. The SMILES string of the molecule is CNCC(=O)Nc1cc(Cl)cc(C(=O)O)c1. The Morgan fingerprint density at radius 1 is 1.38 bits per heavy atom. The molecule has 86 valence electrons. The molecule has 16 heavy (non-hydrogen) atoms. The molecule has 0 atom stereocenters. The van der Waals surface area contributed by atoms with Crippen LogP contribution in [0.25, 0.3) is 0 Å². The predicted octanol–water partition coefficient (Wildman–Crippen LogP) is 1.20. The zero-order valence-corrected chi connectivity index (χ0v) is 9.34. The van der Waals surface area contributed by atoms with Gasteiger partial charge in [-0.3, -0.25) is 4.79 Å². The molecule has 0 bridgehead atoms. The van der Waals surface area contributed by atoms with Gasteiger partial charge in [-0.2, -0.15) is 0 Å². The summed E-state index contributed by atoms with van der Waals surface area (Å²) in [5.41, 5.74) is 0.400. The van der Waals surface area contributed by atoms with Gasteiger partial charge in [0.25, 0.3) is 0 Å². The molecule has 0 spiro atoms. The maximum absolute atomic E-state index is 11.2. The molecule has 1 aromatic carbocycles. The van der Waals surface area contributed by atoms with E-state index in [4.69, 9.17) is 16.7 Å². The highest BCUT2D eigenvalue weighted by Gasteiger charge is 2.07. The summed E-state index contributed by atoms with van der Waals surface area (Å²) in [6.07, 6.45) is 0. The number of carboxylic acid groups (broad SMARTS) is 1. The first-order chi connectivity index (χ1) is 7.52. The van der Waals surface area contributed by atoms with Crippen molar-refractivity contribution in [3.8, 4) is 0 Å². The van der Waals surface area contributed by atoms with Crippen LogP contribution in [0.15, 0.2) is 18.2 Å². The summed E-state index contributed by atoms with van der Waals surface area (Å²) in [5, 5.41) is 14.3. The Labute approximate surface area is 97.4 Å². The second-order valence-corrected chi connectivity index (χ2v) is 3.55. The number of likely N-dealkylation sites (N-methyl/N-ethyl adjacent to an activating group) is 1. The summed E-state index contributed by atoms with van der Waals surface area (Å²) >= 11 is 5.72. The van der Waals surface area contributed by atoms with E-state index >= 15 is 0 Å². The molecule has 0 unspecified atom stereocenters. The maximum atomic E-state index is 11.2. The molecule has 0 heterocycles. The minimum atomic E-state index is -1.09. The van der Waals surface area contributed by atoms with Gasteiger partial charge in [-0.15, -0.1) is 0 Å². The zero-order valence-electron chi connectivity index (χ0n) is 8.58. The quantitative estimate of drug-likeness (QED) is 0.741. The van der Waals surface area contributed by atoms with E-state index in [1.54, 1.807) is 7.05 Å².